The molecule has 2 heterocycles. The van der Waals surface area contributed by atoms with E-state index in [0.717, 1.165) is 15.8 Å². The summed E-state index contributed by atoms with van der Waals surface area (Å²) in [6.45, 7) is 0. The summed E-state index contributed by atoms with van der Waals surface area (Å²) in [7, 11) is 1.58. The van der Waals surface area contributed by atoms with Crippen LogP contribution in [0.5, 0.6) is 5.75 Å². The lowest BCUT2D eigenvalue weighted by molar-refractivity contribution is 0.0925. The highest BCUT2D eigenvalue weighted by atomic mass is 16.5. The molecule has 3 amide bonds. The second-order valence-electron chi connectivity index (χ2n) is 7.23. The molecule has 0 atom stereocenters. The molecular weight excluding hydrogens is 406 g/mol. The quantitative estimate of drug-likeness (QED) is 0.495. The van der Waals surface area contributed by atoms with Gasteiger partial charge in [0.15, 0.2) is 0 Å². The van der Waals surface area contributed by atoms with E-state index in [1.165, 1.54) is 0 Å². The maximum absolute atomic E-state index is 12.8. The maximum Gasteiger partial charge on any atom is 0.266 e. The predicted molar refractivity (Wildman–Crippen MR) is 120 cm³/mol. The van der Waals surface area contributed by atoms with Gasteiger partial charge in [-0.1, -0.05) is 12.1 Å². The van der Waals surface area contributed by atoms with Gasteiger partial charge in [-0.3, -0.25) is 19.4 Å². The highest BCUT2D eigenvalue weighted by molar-refractivity contribution is 6.34. The van der Waals surface area contributed by atoms with Crippen LogP contribution in [-0.2, 0) is 0 Å². The van der Waals surface area contributed by atoms with Crippen molar-refractivity contribution in [3.05, 3.63) is 95.7 Å². The Hall–Kier alpha value is -4.52. The van der Waals surface area contributed by atoms with Crippen molar-refractivity contribution in [3.63, 3.8) is 0 Å². The Balaban J connectivity index is 1.40. The zero-order valence-electron chi connectivity index (χ0n) is 17.0. The van der Waals surface area contributed by atoms with Crippen molar-refractivity contribution in [2.75, 3.05) is 17.3 Å². The van der Waals surface area contributed by atoms with E-state index in [1.807, 2.05) is 12.1 Å². The van der Waals surface area contributed by atoms with Crippen molar-refractivity contribution in [3.8, 4) is 5.75 Å². The van der Waals surface area contributed by atoms with Crippen LogP contribution in [0.15, 0.2) is 79.0 Å². The van der Waals surface area contributed by atoms with Gasteiger partial charge in [0.2, 0.25) is 0 Å². The van der Waals surface area contributed by atoms with Crippen molar-refractivity contribution in [1.82, 2.24) is 4.98 Å². The van der Waals surface area contributed by atoms with Crippen LogP contribution in [0.2, 0.25) is 0 Å². The fraction of sp³-hybridized carbons (Fsp3) is 0.0400. The average molecular weight is 423 g/mol. The minimum Gasteiger partial charge on any atom is -0.497 e. The molecule has 1 aliphatic heterocycles. The first kappa shape index (κ1) is 19.4. The van der Waals surface area contributed by atoms with Gasteiger partial charge in [-0.05, 0) is 60.7 Å². The van der Waals surface area contributed by atoms with Crippen LogP contribution in [0.4, 0.5) is 11.4 Å². The first-order valence-corrected chi connectivity index (χ1v) is 9.89. The van der Waals surface area contributed by atoms with Gasteiger partial charge in [0.1, 0.15) is 5.75 Å². The van der Waals surface area contributed by atoms with Crippen LogP contribution in [0.25, 0.3) is 10.9 Å². The van der Waals surface area contributed by atoms with E-state index >= 15 is 0 Å². The van der Waals surface area contributed by atoms with Crippen LogP contribution in [-0.4, -0.2) is 29.8 Å². The van der Waals surface area contributed by atoms with E-state index < -0.39 is 0 Å². The largest absolute Gasteiger partial charge is 0.497 e. The van der Waals surface area contributed by atoms with Crippen molar-refractivity contribution in [2.24, 2.45) is 0 Å². The molecule has 0 unspecified atom stereocenters. The third-order valence-electron chi connectivity index (χ3n) is 5.38. The lowest BCUT2D eigenvalue weighted by Gasteiger charge is -2.14. The standard InChI is InChI=1S/C25H17N3O4/c1-32-17-10-11-21-20(14-17)22(12-13-26-21)27-23(29)15-6-8-16(9-7-15)28-24(30)18-4-2-3-5-19(18)25(28)31/h2-14H,1H3,(H,26,27,29). The molecule has 0 bridgehead atoms. The summed E-state index contributed by atoms with van der Waals surface area (Å²) in [5.74, 6) is -0.416. The number of carbonyl (C=O) groups excluding carboxylic acids is 3. The van der Waals surface area contributed by atoms with Gasteiger partial charge in [-0.2, -0.15) is 0 Å². The Bertz CT molecular complexity index is 1360. The summed E-state index contributed by atoms with van der Waals surface area (Å²) < 4.78 is 5.27. The monoisotopic (exact) mass is 423 g/mol. The number of hydrogen-bond donors (Lipinski definition) is 1. The zero-order valence-corrected chi connectivity index (χ0v) is 17.0. The lowest BCUT2D eigenvalue weighted by atomic mass is 10.1. The molecule has 7 nitrogen and oxygen atoms in total. The van der Waals surface area contributed by atoms with E-state index in [2.05, 4.69) is 10.3 Å². The van der Waals surface area contributed by atoms with Crippen molar-refractivity contribution in [2.45, 2.75) is 0 Å². The molecule has 3 aromatic carbocycles. The SMILES string of the molecule is COc1ccc2nccc(NC(=O)c3ccc(N4C(=O)c5ccccc5C4=O)cc3)c2c1. The summed E-state index contributed by atoms with van der Waals surface area (Å²) in [5.41, 5.74) is 2.87. The Labute approximate surface area is 183 Å². The lowest BCUT2D eigenvalue weighted by Crippen LogP contribution is -2.29. The number of anilines is 2. The van der Waals surface area contributed by atoms with Crippen LogP contribution in [0.3, 0.4) is 0 Å². The number of ether oxygens (including phenoxy) is 1. The third kappa shape index (κ3) is 3.16. The minimum atomic E-state index is -0.375. The van der Waals surface area contributed by atoms with E-state index in [4.69, 9.17) is 4.74 Å². The molecular formula is C25H17N3O4. The molecule has 1 N–H and O–H groups in total. The molecule has 32 heavy (non-hydrogen) atoms. The molecule has 0 saturated heterocycles. The van der Waals surface area contributed by atoms with Crippen LogP contribution in [0.1, 0.15) is 31.1 Å². The normalized spacial score (nSPS) is 12.7. The molecule has 1 aliphatic rings. The smallest absolute Gasteiger partial charge is 0.266 e. The second kappa shape index (κ2) is 7.63. The summed E-state index contributed by atoms with van der Waals surface area (Å²) in [6, 6.07) is 20.2. The number of aromatic nitrogens is 1. The van der Waals surface area contributed by atoms with Crippen LogP contribution < -0.4 is 15.0 Å². The number of nitrogens with zero attached hydrogens (tertiary/aromatic N) is 2. The molecule has 0 spiro atoms. The molecule has 0 aliphatic carbocycles. The second-order valence-corrected chi connectivity index (χ2v) is 7.23. The summed E-state index contributed by atoms with van der Waals surface area (Å²) in [4.78, 5) is 43.6. The fourth-order valence-corrected chi connectivity index (χ4v) is 3.74. The number of pyridine rings is 1. The number of imide groups is 1. The number of carbonyl (C=O) groups is 3. The zero-order chi connectivity index (χ0) is 22.2. The summed E-state index contributed by atoms with van der Waals surface area (Å²) in [6.07, 6.45) is 1.62. The van der Waals surface area contributed by atoms with E-state index in [-0.39, 0.29) is 17.7 Å². The molecule has 5 rings (SSSR count). The average Bonchev–Trinajstić information content (AvgIpc) is 3.09. The number of amides is 3. The van der Waals surface area contributed by atoms with Gasteiger partial charge < -0.3 is 10.1 Å². The molecule has 0 radical (unpaired) electrons. The van der Waals surface area contributed by atoms with Crippen molar-refractivity contribution in [1.29, 1.82) is 0 Å². The molecule has 0 fully saturated rings. The fourth-order valence-electron chi connectivity index (χ4n) is 3.74. The number of hydrogen-bond acceptors (Lipinski definition) is 5. The van der Waals surface area contributed by atoms with Crippen molar-refractivity contribution < 1.29 is 19.1 Å². The van der Waals surface area contributed by atoms with Gasteiger partial charge in [0.05, 0.1) is 35.1 Å². The van der Waals surface area contributed by atoms with Crippen molar-refractivity contribution >= 4 is 40.0 Å². The molecule has 1 aromatic heterocycles. The van der Waals surface area contributed by atoms with Gasteiger partial charge in [0, 0.05) is 17.1 Å². The number of benzene rings is 3. The van der Waals surface area contributed by atoms with Gasteiger partial charge in [-0.25, -0.2) is 4.90 Å². The molecule has 0 saturated carbocycles. The Morgan fingerprint density at radius 3 is 2.25 bits per heavy atom. The van der Waals surface area contributed by atoms with Crippen LogP contribution in [0, 0.1) is 0 Å². The first-order valence-electron chi connectivity index (χ1n) is 9.89. The highest BCUT2D eigenvalue weighted by Crippen LogP contribution is 2.29. The van der Waals surface area contributed by atoms with Gasteiger partial charge in [0.25, 0.3) is 17.7 Å². The topological polar surface area (TPSA) is 88.6 Å². The van der Waals surface area contributed by atoms with Crippen LogP contribution >= 0.6 is 0 Å². The molecule has 4 aromatic rings. The van der Waals surface area contributed by atoms with E-state index in [1.54, 1.807) is 74.0 Å². The summed E-state index contributed by atoms with van der Waals surface area (Å²) >= 11 is 0. The first-order chi connectivity index (χ1) is 15.6. The highest BCUT2D eigenvalue weighted by Gasteiger charge is 2.36. The number of methoxy groups -OCH3 is 1. The van der Waals surface area contributed by atoms with Gasteiger partial charge in [-0.15, -0.1) is 0 Å². The van der Waals surface area contributed by atoms with E-state index in [0.29, 0.717) is 33.8 Å². The Kier molecular flexibility index (Phi) is 4.63. The minimum absolute atomic E-state index is 0.325. The number of rotatable bonds is 4. The Morgan fingerprint density at radius 2 is 1.59 bits per heavy atom. The maximum atomic E-state index is 12.8. The third-order valence-corrected chi connectivity index (χ3v) is 5.38. The number of nitrogens with one attached hydrogen (secondary N) is 1. The number of fused-ring (bicyclic) bond motifs is 2. The Morgan fingerprint density at radius 1 is 0.906 bits per heavy atom. The van der Waals surface area contributed by atoms with E-state index in [9.17, 15) is 14.4 Å². The summed E-state index contributed by atoms with van der Waals surface area (Å²) in [5, 5.41) is 3.64. The predicted octanol–water partition coefficient (Wildman–Crippen LogP) is 4.30. The van der Waals surface area contributed by atoms with Gasteiger partial charge >= 0.3 is 0 Å². The molecule has 7 heteroatoms. The molecule has 156 valence electrons.